The standard InChI is InChI=1S/C35H45Br2N5O5/c1-46-32-28(36)21-24(22-29(32)37)23-31(33(43)40-16-10-26(11-17-40)39-14-5-2-6-15-39)47-35(45)41-18-12-27(13-19-41)42-20-9-25-7-3-4-8-30(25)38-34(42)44/h3-4,7-8,21-22,26-27,31H,2,5-6,9-20,23H2,1H3,(H,38,44)/t31-/m1/s1. The van der Waals surface area contributed by atoms with Gasteiger partial charge in [-0.05, 0) is 119 Å². The van der Waals surface area contributed by atoms with E-state index >= 15 is 0 Å². The summed E-state index contributed by atoms with van der Waals surface area (Å²) in [7, 11) is 1.60. The molecule has 2 aromatic carbocycles. The molecule has 0 unspecified atom stereocenters. The molecule has 4 aliphatic heterocycles. The Bertz CT molecular complexity index is 1410. The van der Waals surface area contributed by atoms with Crippen molar-refractivity contribution in [1.82, 2.24) is 19.6 Å². The van der Waals surface area contributed by atoms with E-state index in [4.69, 9.17) is 9.47 Å². The number of para-hydroxylation sites is 1. The molecule has 0 saturated carbocycles. The second-order valence-corrected chi connectivity index (χ2v) is 14.8. The number of carbonyl (C=O) groups excluding carboxylic acids is 3. The zero-order chi connectivity index (χ0) is 32.9. The summed E-state index contributed by atoms with van der Waals surface area (Å²) >= 11 is 7.14. The topological polar surface area (TPSA) is 94.7 Å². The van der Waals surface area contributed by atoms with E-state index < -0.39 is 12.2 Å². The summed E-state index contributed by atoms with van der Waals surface area (Å²) in [5.74, 6) is 0.521. The van der Waals surface area contributed by atoms with Crippen LogP contribution in [0, 0.1) is 0 Å². The maximum Gasteiger partial charge on any atom is 0.410 e. The first-order valence-corrected chi connectivity index (χ1v) is 18.5. The van der Waals surface area contributed by atoms with Gasteiger partial charge in [-0.15, -0.1) is 0 Å². The molecule has 1 N–H and O–H groups in total. The van der Waals surface area contributed by atoms with Gasteiger partial charge in [0.25, 0.3) is 5.91 Å². The number of likely N-dealkylation sites (tertiary alicyclic amines) is 3. The zero-order valence-electron chi connectivity index (χ0n) is 27.1. The fraction of sp³-hybridized carbons (Fsp3) is 0.571. The third kappa shape index (κ3) is 8.08. The Hall–Kier alpha value is -2.83. The zero-order valence-corrected chi connectivity index (χ0v) is 30.3. The first kappa shape index (κ1) is 34.0. The van der Waals surface area contributed by atoms with Gasteiger partial charge in [-0.2, -0.15) is 0 Å². The van der Waals surface area contributed by atoms with Crippen LogP contribution in [0.25, 0.3) is 0 Å². The first-order chi connectivity index (χ1) is 22.8. The number of carbonyl (C=O) groups is 3. The van der Waals surface area contributed by atoms with Crippen LogP contribution in [0.2, 0.25) is 0 Å². The summed E-state index contributed by atoms with van der Waals surface area (Å²) in [6.45, 7) is 5.17. The third-order valence-corrected chi connectivity index (χ3v) is 11.4. The number of piperidine rings is 3. The van der Waals surface area contributed by atoms with Gasteiger partial charge in [0, 0.05) is 56.9 Å². The van der Waals surface area contributed by atoms with Crippen molar-refractivity contribution >= 4 is 55.6 Å². The molecule has 6 rings (SSSR count). The van der Waals surface area contributed by atoms with Crippen LogP contribution in [0.5, 0.6) is 5.75 Å². The van der Waals surface area contributed by atoms with Crippen LogP contribution in [0.15, 0.2) is 45.3 Å². The van der Waals surface area contributed by atoms with Crippen LogP contribution in [-0.4, -0.2) is 109 Å². The highest BCUT2D eigenvalue weighted by molar-refractivity contribution is 9.11. The summed E-state index contributed by atoms with van der Waals surface area (Å²) in [4.78, 5) is 48.8. The fourth-order valence-corrected chi connectivity index (χ4v) is 9.16. The van der Waals surface area contributed by atoms with Crippen molar-refractivity contribution in [1.29, 1.82) is 0 Å². The molecule has 0 spiro atoms. The molecular formula is C35H45Br2N5O5. The minimum absolute atomic E-state index is 0.0287. The van der Waals surface area contributed by atoms with Crippen molar-refractivity contribution < 1.29 is 23.9 Å². The van der Waals surface area contributed by atoms with Gasteiger partial charge >= 0.3 is 12.1 Å². The van der Waals surface area contributed by atoms with E-state index in [1.54, 1.807) is 12.0 Å². The molecule has 4 aliphatic rings. The number of hydrogen-bond acceptors (Lipinski definition) is 6. The average Bonchev–Trinajstić information content (AvgIpc) is 3.26. The predicted molar refractivity (Wildman–Crippen MR) is 188 cm³/mol. The molecule has 0 aliphatic carbocycles. The largest absolute Gasteiger partial charge is 0.494 e. The van der Waals surface area contributed by atoms with Crippen LogP contribution in [0.3, 0.4) is 0 Å². The van der Waals surface area contributed by atoms with Crippen molar-refractivity contribution in [2.45, 2.75) is 76.0 Å². The third-order valence-electron chi connectivity index (χ3n) is 10.2. The van der Waals surface area contributed by atoms with Crippen LogP contribution in [-0.2, 0) is 22.4 Å². The highest BCUT2D eigenvalue weighted by atomic mass is 79.9. The van der Waals surface area contributed by atoms with E-state index in [0.29, 0.717) is 57.4 Å². The second kappa shape index (κ2) is 15.6. The van der Waals surface area contributed by atoms with E-state index in [1.807, 2.05) is 40.1 Å². The van der Waals surface area contributed by atoms with Crippen molar-refractivity contribution in [3.8, 4) is 5.75 Å². The number of fused-ring (bicyclic) bond motifs is 1. The van der Waals surface area contributed by atoms with Crippen LogP contribution in [0.1, 0.15) is 56.1 Å². The summed E-state index contributed by atoms with van der Waals surface area (Å²) in [6, 6.07) is 12.2. The van der Waals surface area contributed by atoms with Gasteiger partial charge in [0.1, 0.15) is 5.75 Å². The molecule has 4 amide bonds. The molecule has 12 heteroatoms. The summed E-state index contributed by atoms with van der Waals surface area (Å²) < 4.78 is 13.1. The number of urea groups is 1. The normalized spacial score (nSPS) is 20.7. The first-order valence-electron chi connectivity index (χ1n) is 17.0. The van der Waals surface area contributed by atoms with Crippen molar-refractivity contribution in [2.24, 2.45) is 0 Å². The molecule has 3 saturated heterocycles. The summed E-state index contributed by atoms with van der Waals surface area (Å²) in [5, 5.41) is 3.06. The number of anilines is 1. The Balaban J connectivity index is 1.09. The molecule has 0 bridgehead atoms. The lowest BCUT2D eigenvalue weighted by Crippen LogP contribution is -2.53. The molecule has 10 nitrogen and oxygen atoms in total. The molecule has 0 aromatic heterocycles. The van der Waals surface area contributed by atoms with Gasteiger partial charge in [0.15, 0.2) is 6.10 Å². The van der Waals surface area contributed by atoms with Crippen molar-refractivity contribution in [3.63, 3.8) is 0 Å². The van der Waals surface area contributed by atoms with Gasteiger partial charge in [-0.3, -0.25) is 4.79 Å². The molecule has 254 valence electrons. The van der Waals surface area contributed by atoms with Gasteiger partial charge in [-0.25, -0.2) is 9.59 Å². The van der Waals surface area contributed by atoms with Gasteiger partial charge in [-0.1, -0.05) is 24.6 Å². The van der Waals surface area contributed by atoms with Gasteiger partial charge < -0.3 is 34.4 Å². The summed E-state index contributed by atoms with van der Waals surface area (Å²) in [6.07, 6.45) is 6.60. The molecule has 2 aromatic rings. The summed E-state index contributed by atoms with van der Waals surface area (Å²) in [5.41, 5.74) is 2.85. The molecular weight excluding hydrogens is 730 g/mol. The number of halogens is 2. The van der Waals surface area contributed by atoms with Crippen LogP contribution < -0.4 is 10.1 Å². The number of amides is 4. The number of ether oxygens (including phenoxy) is 2. The van der Waals surface area contributed by atoms with E-state index in [-0.39, 0.29) is 24.4 Å². The quantitative estimate of drug-likeness (QED) is 0.355. The number of benzene rings is 2. The lowest BCUT2D eigenvalue weighted by Gasteiger charge is -2.41. The van der Waals surface area contributed by atoms with E-state index in [1.165, 1.54) is 19.3 Å². The van der Waals surface area contributed by atoms with Crippen LogP contribution in [0.4, 0.5) is 15.3 Å². The molecule has 4 heterocycles. The number of nitrogens with one attached hydrogen (secondary N) is 1. The fourth-order valence-electron chi connectivity index (χ4n) is 7.55. The molecule has 3 fully saturated rings. The van der Waals surface area contributed by atoms with E-state index in [9.17, 15) is 14.4 Å². The predicted octanol–water partition coefficient (Wildman–Crippen LogP) is 6.30. The molecule has 1 atom stereocenters. The Morgan fingerprint density at radius 3 is 2.19 bits per heavy atom. The smallest absolute Gasteiger partial charge is 0.410 e. The van der Waals surface area contributed by atoms with Gasteiger partial charge in [0.05, 0.1) is 16.1 Å². The maximum atomic E-state index is 14.0. The van der Waals surface area contributed by atoms with E-state index in [2.05, 4.69) is 48.1 Å². The lowest BCUT2D eigenvalue weighted by atomic mass is 9.99. The second-order valence-electron chi connectivity index (χ2n) is 13.1. The Labute approximate surface area is 294 Å². The minimum Gasteiger partial charge on any atom is -0.494 e. The van der Waals surface area contributed by atoms with Crippen molar-refractivity contribution in [2.75, 3.05) is 58.2 Å². The lowest BCUT2D eigenvalue weighted by molar-refractivity contribution is -0.142. The maximum absolute atomic E-state index is 14.0. The number of hydrogen-bond donors (Lipinski definition) is 1. The van der Waals surface area contributed by atoms with Crippen molar-refractivity contribution in [3.05, 3.63) is 56.5 Å². The highest BCUT2D eigenvalue weighted by Crippen LogP contribution is 2.35. The van der Waals surface area contributed by atoms with Crippen LogP contribution >= 0.6 is 31.9 Å². The Morgan fingerprint density at radius 2 is 1.51 bits per heavy atom. The SMILES string of the molecule is COc1c(Br)cc(C[C@@H](OC(=O)N2CCC(N3CCc4ccccc4NC3=O)CC2)C(=O)N2CCC(N3CCCCC3)CC2)cc1Br. The monoisotopic (exact) mass is 773 g/mol. The number of methoxy groups -OCH3 is 1. The van der Waals surface area contributed by atoms with E-state index in [0.717, 1.165) is 58.1 Å². The number of nitrogens with zero attached hydrogens (tertiary/aromatic N) is 4. The Kier molecular flexibility index (Phi) is 11.3. The highest BCUT2D eigenvalue weighted by Gasteiger charge is 2.36. The Morgan fingerprint density at radius 1 is 0.872 bits per heavy atom. The average molecular weight is 776 g/mol. The van der Waals surface area contributed by atoms with Gasteiger partial charge in [0.2, 0.25) is 0 Å². The minimum atomic E-state index is -0.950. The molecule has 0 radical (unpaired) electrons. The number of rotatable bonds is 7. The molecule has 47 heavy (non-hydrogen) atoms.